The summed E-state index contributed by atoms with van der Waals surface area (Å²) in [5.41, 5.74) is 0.709. The fraction of sp³-hybridized carbons (Fsp3) is 0.0625. The van der Waals surface area contributed by atoms with Crippen LogP contribution in [-0.2, 0) is 6.54 Å². The first-order valence-corrected chi connectivity index (χ1v) is 7.65. The summed E-state index contributed by atoms with van der Waals surface area (Å²) in [6.07, 6.45) is 3.04. The lowest BCUT2D eigenvalue weighted by Crippen LogP contribution is -2.22. The van der Waals surface area contributed by atoms with Gasteiger partial charge in [-0.3, -0.25) is 14.9 Å². The first-order chi connectivity index (χ1) is 11.1. The summed E-state index contributed by atoms with van der Waals surface area (Å²) in [5.74, 6) is -0.721. The lowest BCUT2D eigenvalue weighted by atomic mass is 10.2. The largest absolute Gasteiger partial charge is 0.310 e. The van der Waals surface area contributed by atoms with E-state index < -0.39 is 0 Å². The number of thiazole rings is 1. The van der Waals surface area contributed by atoms with E-state index in [4.69, 9.17) is 0 Å². The predicted octanol–water partition coefficient (Wildman–Crippen LogP) is 2.74. The third-order valence-electron chi connectivity index (χ3n) is 3.14. The molecule has 0 saturated heterocycles. The van der Waals surface area contributed by atoms with Crippen LogP contribution in [0.25, 0.3) is 0 Å². The minimum absolute atomic E-state index is 0.189. The summed E-state index contributed by atoms with van der Waals surface area (Å²) in [4.78, 5) is 28.1. The molecule has 0 radical (unpaired) electrons. The first kappa shape index (κ1) is 15.1. The number of carbonyl (C=O) groups excluding carboxylic acids is 1. The monoisotopic (exact) mass is 329 g/mol. The van der Waals surface area contributed by atoms with Gasteiger partial charge in [0.15, 0.2) is 5.13 Å². The molecule has 5 nitrogen and oxygen atoms in total. The molecular weight excluding hydrogens is 317 g/mol. The van der Waals surface area contributed by atoms with Crippen LogP contribution in [0.2, 0.25) is 0 Å². The predicted molar refractivity (Wildman–Crippen MR) is 86.3 cm³/mol. The number of aromatic nitrogens is 2. The van der Waals surface area contributed by atoms with Crippen LogP contribution in [-0.4, -0.2) is 15.5 Å². The first-order valence-electron chi connectivity index (χ1n) is 6.77. The number of anilines is 1. The second-order valence-corrected chi connectivity index (χ2v) is 5.70. The van der Waals surface area contributed by atoms with Crippen LogP contribution >= 0.6 is 11.3 Å². The van der Waals surface area contributed by atoms with Crippen molar-refractivity contribution in [1.82, 2.24) is 9.55 Å². The van der Waals surface area contributed by atoms with Crippen molar-refractivity contribution >= 4 is 22.4 Å². The molecule has 0 fully saturated rings. The highest BCUT2D eigenvalue weighted by atomic mass is 32.1. The summed E-state index contributed by atoms with van der Waals surface area (Å²) in [6.45, 7) is 0.189. The summed E-state index contributed by atoms with van der Waals surface area (Å²) in [6, 6.07) is 8.76. The van der Waals surface area contributed by atoms with Gasteiger partial charge >= 0.3 is 0 Å². The molecule has 2 aromatic heterocycles. The van der Waals surface area contributed by atoms with Crippen LogP contribution in [0.4, 0.5) is 9.52 Å². The SMILES string of the molecule is O=C(Nc1nccs1)c1ccc(=O)n(Cc2cccc(F)c2)c1. The molecule has 0 unspecified atom stereocenters. The van der Waals surface area contributed by atoms with Gasteiger partial charge in [0.25, 0.3) is 11.5 Å². The van der Waals surface area contributed by atoms with E-state index in [1.807, 2.05) is 0 Å². The van der Waals surface area contributed by atoms with Crippen LogP contribution < -0.4 is 10.9 Å². The normalized spacial score (nSPS) is 10.5. The van der Waals surface area contributed by atoms with Gasteiger partial charge in [0, 0.05) is 23.8 Å². The van der Waals surface area contributed by atoms with Crippen molar-refractivity contribution in [3.63, 3.8) is 0 Å². The fourth-order valence-electron chi connectivity index (χ4n) is 2.08. The van der Waals surface area contributed by atoms with Crippen molar-refractivity contribution in [1.29, 1.82) is 0 Å². The van der Waals surface area contributed by atoms with Gasteiger partial charge < -0.3 is 4.57 Å². The van der Waals surface area contributed by atoms with E-state index in [2.05, 4.69) is 10.3 Å². The maximum atomic E-state index is 13.2. The molecule has 0 bridgehead atoms. The quantitative estimate of drug-likeness (QED) is 0.800. The molecule has 116 valence electrons. The van der Waals surface area contributed by atoms with Gasteiger partial charge in [-0.25, -0.2) is 9.37 Å². The maximum absolute atomic E-state index is 13.2. The lowest BCUT2D eigenvalue weighted by molar-refractivity contribution is 0.102. The molecule has 0 atom stereocenters. The molecule has 0 aliphatic carbocycles. The number of rotatable bonds is 4. The molecule has 0 saturated carbocycles. The smallest absolute Gasteiger partial charge is 0.258 e. The van der Waals surface area contributed by atoms with E-state index in [0.717, 1.165) is 0 Å². The van der Waals surface area contributed by atoms with Crippen LogP contribution in [0.3, 0.4) is 0 Å². The van der Waals surface area contributed by atoms with Gasteiger partial charge in [0.05, 0.1) is 12.1 Å². The Bertz CT molecular complexity index is 890. The number of pyridine rings is 1. The highest BCUT2D eigenvalue weighted by Crippen LogP contribution is 2.12. The van der Waals surface area contributed by atoms with Crippen LogP contribution in [0.15, 0.2) is 59.0 Å². The van der Waals surface area contributed by atoms with Gasteiger partial charge in [0.2, 0.25) is 0 Å². The number of halogens is 1. The van der Waals surface area contributed by atoms with Gasteiger partial charge in [0.1, 0.15) is 5.82 Å². The fourth-order valence-corrected chi connectivity index (χ4v) is 2.60. The van der Waals surface area contributed by atoms with E-state index >= 15 is 0 Å². The highest BCUT2D eigenvalue weighted by Gasteiger charge is 2.09. The molecule has 1 N–H and O–H groups in total. The Morgan fingerprint density at radius 3 is 2.91 bits per heavy atom. The lowest BCUT2D eigenvalue weighted by Gasteiger charge is -2.08. The van der Waals surface area contributed by atoms with Gasteiger partial charge in [-0.1, -0.05) is 12.1 Å². The zero-order valence-corrected chi connectivity index (χ0v) is 12.7. The third kappa shape index (κ3) is 3.70. The highest BCUT2D eigenvalue weighted by molar-refractivity contribution is 7.13. The van der Waals surface area contributed by atoms with Crippen molar-refractivity contribution in [2.24, 2.45) is 0 Å². The van der Waals surface area contributed by atoms with Crippen molar-refractivity contribution < 1.29 is 9.18 Å². The summed E-state index contributed by atoms with van der Waals surface area (Å²) in [5, 5.41) is 4.89. The number of nitrogens with zero attached hydrogens (tertiary/aromatic N) is 2. The maximum Gasteiger partial charge on any atom is 0.258 e. The Morgan fingerprint density at radius 1 is 1.30 bits per heavy atom. The molecule has 1 aromatic carbocycles. The van der Waals surface area contributed by atoms with Crippen LogP contribution in [0, 0.1) is 5.82 Å². The number of carbonyl (C=O) groups is 1. The van der Waals surface area contributed by atoms with Crippen molar-refractivity contribution in [3.8, 4) is 0 Å². The molecule has 2 heterocycles. The molecule has 23 heavy (non-hydrogen) atoms. The van der Waals surface area contributed by atoms with E-state index in [9.17, 15) is 14.0 Å². The number of hydrogen-bond acceptors (Lipinski definition) is 4. The molecule has 3 rings (SSSR count). The minimum Gasteiger partial charge on any atom is -0.310 e. The molecule has 1 amide bonds. The molecular formula is C16H12FN3O2S. The molecule has 3 aromatic rings. The van der Waals surface area contributed by atoms with Crippen molar-refractivity contribution in [2.75, 3.05) is 5.32 Å². The Balaban J connectivity index is 1.84. The molecule has 7 heteroatoms. The Morgan fingerprint density at radius 2 is 2.17 bits per heavy atom. The Hall–Kier alpha value is -2.80. The van der Waals surface area contributed by atoms with E-state index in [-0.39, 0.29) is 23.8 Å². The van der Waals surface area contributed by atoms with Gasteiger partial charge in [-0.05, 0) is 23.8 Å². The van der Waals surface area contributed by atoms with E-state index in [1.54, 1.807) is 23.7 Å². The van der Waals surface area contributed by atoms with Crippen molar-refractivity contribution in [2.45, 2.75) is 6.54 Å². The van der Waals surface area contributed by atoms with Crippen LogP contribution in [0.5, 0.6) is 0 Å². The van der Waals surface area contributed by atoms with Crippen LogP contribution in [0.1, 0.15) is 15.9 Å². The summed E-state index contributed by atoms with van der Waals surface area (Å²) < 4.78 is 14.6. The number of hydrogen-bond donors (Lipinski definition) is 1. The summed E-state index contributed by atoms with van der Waals surface area (Å²) in [7, 11) is 0. The van der Waals surface area contributed by atoms with E-state index in [0.29, 0.717) is 16.3 Å². The molecule has 0 spiro atoms. The number of amides is 1. The number of benzene rings is 1. The summed E-state index contributed by atoms with van der Waals surface area (Å²) >= 11 is 1.30. The Labute approximate surface area is 135 Å². The average molecular weight is 329 g/mol. The molecule has 0 aliphatic heterocycles. The number of nitrogens with one attached hydrogen (secondary N) is 1. The average Bonchev–Trinajstić information content (AvgIpc) is 3.02. The second kappa shape index (κ2) is 6.53. The van der Waals surface area contributed by atoms with Gasteiger partial charge in [-0.15, -0.1) is 11.3 Å². The third-order valence-corrected chi connectivity index (χ3v) is 3.83. The van der Waals surface area contributed by atoms with E-state index in [1.165, 1.54) is 46.4 Å². The second-order valence-electron chi connectivity index (χ2n) is 4.81. The topological polar surface area (TPSA) is 64.0 Å². The van der Waals surface area contributed by atoms with Gasteiger partial charge in [-0.2, -0.15) is 0 Å². The zero-order chi connectivity index (χ0) is 16.2. The minimum atomic E-state index is -0.367. The Kier molecular flexibility index (Phi) is 4.29. The van der Waals surface area contributed by atoms with Crippen molar-refractivity contribution in [3.05, 3.63) is 81.5 Å². The molecule has 0 aliphatic rings. The standard InChI is InChI=1S/C16H12FN3O2S/c17-13-3-1-2-11(8-13)9-20-10-12(4-5-14(20)21)15(22)19-16-18-6-7-23-16/h1-8,10H,9H2,(H,18,19,22). The zero-order valence-electron chi connectivity index (χ0n) is 11.9.